The molecule has 0 saturated carbocycles. The highest BCUT2D eigenvalue weighted by Gasteiger charge is 2.24. The Balaban J connectivity index is 2.19. The van der Waals surface area contributed by atoms with Crippen LogP contribution >= 0.6 is 0 Å². The fourth-order valence-corrected chi connectivity index (χ4v) is 8.48. The van der Waals surface area contributed by atoms with Crippen molar-refractivity contribution in [1.82, 2.24) is 9.80 Å². The zero-order chi connectivity index (χ0) is 36.6. The van der Waals surface area contributed by atoms with E-state index in [0.29, 0.717) is 6.17 Å². The summed E-state index contributed by atoms with van der Waals surface area (Å²) < 4.78 is 0. The Hall–Kier alpha value is -0.660. The highest BCUT2D eigenvalue weighted by molar-refractivity contribution is 4.97. The average Bonchev–Trinajstić information content (AvgIpc) is 3.53. The maximum absolute atomic E-state index is 2.74. The lowest BCUT2D eigenvalue weighted by atomic mass is 10.0. The van der Waals surface area contributed by atoms with Crippen molar-refractivity contribution in [3.05, 3.63) is 12.4 Å². The molecule has 304 valence electrons. The Morgan fingerprint density at radius 3 is 0.686 bits per heavy atom. The first kappa shape index (κ1) is 48.4. The van der Waals surface area contributed by atoms with Gasteiger partial charge in [0, 0.05) is 25.5 Å². The summed E-state index contributed by atoms with van der Waals surface area (Å²) in [5.41, 5.74) is 0. The van der Waals surface area contributed by atoms with E-state index >= 15 is 0 Å². The van der Waals surface area contributed by atoms with Gasteiger partial charge < -0.3 is 9.80 Å². The molecule has 1 atom stereocenters. The van der Waals surface area contributed by atoms with Gasteiger partial charge in [0.05, 0.1) is 0 Å². The number of rotatable bonds is 43. The van der Waals surface area contributed by atoms with E-state index in [1.807, 2.05) is 0 Å². The minimum atomic E-state index is 0.636. The third-order valence-corrected chi connectivity index (χ3v) is 12.1. The highest BCUT2D eigenvalue weighted by Crippen LogP contribution is 2.24. The fraction of sp³-hybridized carbons (Fsp3) is 0.959. The van der Waals surface area contributed by atoms with E-state index in [2.05, 4.69) is 43.0 Å². The summed E-state index contributed by atoms with van der Waals surface area (Å²) in [5.74, 6) is 0. The van der Waals surface area contributed by atoms with Crippen molar-refractivity contribution < 1.29 is 0 Å². The van der Waals surface area contributed by atoms with Crippen LogP contribution in [-0.4, -0.2) is 29.1 Å². The van der Waals surface area contributed by atoms with Crippen LogP contribution < -0.4 is 0 Å². The second kappa shape index (κ2) is 40.5. The van der Waals surface area contributed by atoms with Gasteiger partial charge in [0.25, 0.3) is 0 Å². The number of hydrogen-bond donors (Lipinski definition) is 0. The predicted octanol–water partition coefficient (Wildman–Crippen LogP) is 17.5. The third-order valence-electron chi connectivity index (χ3n) is 12.1. The fourth-order valence-electron chi connectivity index (χ4n) is 8.48. The van der Waals surface area contributed by atoms with Crippen molar-refractivity contribution in [2.45, 2.75) is 290 Å². The lowest BCUT2D eigenvalue weighted by Crippen LogP contribution is -2.39. The van der Waals surface area contributed by atoms with Gasteiger partial charge in [0.1, 0.15) is 6.17 Å². The van der Waals surface area contributed by atoms with Crippen molar-refractivity contribution in [2.75, 3.05) is 13.1 Å². The Bertz CT molecular complexity index is 673. The van der Waals surface area contributed by atoms with Gasteiger partial charge in [-0.1, -0.05) is 258 Å². The van der Waals surface area contributed by atoms with Gasteiger partial charge in [0.15, 0.2) is 0 Å². The standard InChI is InChI=1S/C49H98N2/c1-4-7-10-13-16-19-22-24-26-28-31-34-37-40-43-46-51-48-47-50(49(51)44-41-38-35-32-29-21-18-15-12-9-6-3)45-42-39-36-33-30-27-25-23-20-17-14-11-8-5-2/h47-49H,4-46H2,1-3H3. The molecular weight excluding hydrogens is 617 g/mol. The maximum Gasteiger partial charge on any atom is 0.101 e. The summed E-state index contributed by atoms with van der Waals surface area (Å²) in [5, 5.41) is 0. The highest BCUT2D eigenvalue weighted by atomic mass is 15.4. The minimum absolute atomic E-state index is 0.636. The molecule has 0 N–H and O–H groups in total. The van der Waals surface area contributed by atoms with Crippen LogP contribution in [0.1, 0.15) is 284 Å². The third kappa shape index (κ3) is 32.5. The second-order valence-corrected chi connectivity index (χ2v) is 17.1. The molecule has 2 heteroatoms. The summed E-state index contributed by atoms with van der Waals surface area (Å²) >= 11 is 0. The SMILES string of the molecule is CCCCCCCCCCCCCCCCCN1C=CN(CCCCCCCCCCCCCCCC)C1CCCCCCCCCCCCC. The molecule has 0 aliphatic carbocycles. The summed E-state index contributed by atoms with van der Waals surface area (Å²) in [6, 6.07) is 0. The summed E-state index contributed by atoms with van der Waals surface area (Å²) in [4.78, 5) is 5.48. The topological polar surface area (TPSA) is 6.48 Å². The van der Waals surface area contributed by atoms with Crippen LogP contribution in [0.2, 0.25) is 0 Å². The molecule has 0 bridgehead atoms. The molecule has 1 rings (SSSR count). The van der Waals surface area contributed by atoms with Crippen molar-refractivity contribution in [2.24, 2.45) is 0 Å². The molecule has 0 aromatic carbocycles. The first-order valence-electron chi connectivity index (χ1n) is 24.5. The maximum atomic E-state index is 2.74. The lowest BCUT2D eigenvalue weighted by molar-refractivity contribution is 0.135. The van der Waals surface area contributed by atoms with E-state index in [9.17, 15) is 0 Å². The molecule has 0 saturated heterocycles. The van der Waals surface area contributed by atoms with Gasteiger partial charge in [-0.2, -0.15) is 0 Å². The van der Waals surface area contributed by atoms with Gasteiger partial charge in [-0.3, -0.25) is 0 Å². The van der Waals surface area contributed by atoms with Crippen molar-refractivity contribution in [1.29, 1.82) is 0 Å². The average molecular weight is 715 g/mol. The normalized spacial score (nSPS) is 14.5. The van der Waals surface area contributed by atoms with Crippen LogP contribution in [-0.2, 0) is 0 Å². The molecule has 0 aromatic rings. The first-order valence-corrected chi connectivity index (χ1v) is 24.5. The molecule has 1 unspecified atom stereocenters. The van der Waals surface area contributed by atoms with Crippen molar-refractivity contribution in [3.63, 3.8) is 0 Å². The lowest BCUT2D eigenvalue weighted by Gasteiger charge is -2.33. The molecule has 1 aliphatic rings. The van der Waals surface area contributed by atoms with Crippen LogP contribution in [0.4, 0.5) is 0 Å². The molecule has 0 radical (unpaired) electrons. The van der Waals surface area contributed by atoms with E-state index in [4.69, 9.17) is 0 Å². The van der Waals surface area contributed by atoms with Crippen molar-refractivity contribution in [3.8, 4) is 0 Å². The van der Waals surface area contributed by atoms with E-state index in [1.165, 1.54) is 276 Å². The van der Waals surface area contributed by atoms with E-state index < -0.39 is 0 Å². The Morgan fingerprint density at radius 1 is 0.255 bits per heavy atom. The molecule has 1 aliphatic heterocycles. The van der Waals surface area contributed by atoms with Gasteiger partial charge in [-0.15, -0.1) is 0 Å². The number of nitrogens with zero attached hydrogens (tertiary/aromatic N) is 2. The van der Waals surface area contributed by atoms with Gasteiger partial charge in [-0.05, 0) is 25.7 Å². The summed E-state index contributed by atoms with van der Waals surface area (Å²) in [6.45, 7) is 9.49. The Morgan fingerprint density at radius 2 is 0.451 bits per heavy atom. The summed E-state index contributed by atoms with van der Waals surface area (Å²) in [7, 11) is 0. The van der Waals surface area contributed by atoms with Gasteiger partial charge >= 0.3 is 0 Å². The smallest absolute Gasteiger partial charge is 0.101 e. The van der Waals surface area contributed by atoms with Gasteiger partial charge in [0.2, 0.25) is 0 Å². The van der Waals surface area contributed by atoms with Crippen LogP contribution in [0.3, 0.4) is 0 Å². The molecule has 2 nitrogen and oxygen atoms in total. The van der Waals surface area contributed by atoms with E-state index in [1.54, 1.807) is 0 Å². The quantitative estimate of drug-likeness (QED) is 0.0580. The minimum Gasteiger partial charge on any atom is -0.356 e. The molecule has 51 heavy (non-hydrogen) atoms. The predicted molar refractivity (Wildman–Crippen MR) is 233 cm³/mol. The van der Waals surface area contributed by atoms with Crippen LogP contribution in [0.5, 0.6) is 0 Å². The number of hydrogen-bond acceptors (Lipinski definition) is 2. The van der Waals surface area contributed by atoms with E-state index in [0.717, 1.165) is 0 Å². The molecular formula is C49H98N2. The monoisotopic (exact) mass is 715 g/mol. The number of unbranched alkanes of at least 4 members (excludes halogenated alkanes) is 37. The van der Waals surface area contributed by atoms with Crippen molar-refractivity contribution >= 4 is 0 Å². The van der Waals surface area contributed by atoms with Gasteiger partial charge in [-0.25, -0.2) is 0 Å². The molecule has 0 fully saturated rings. The summed E-state index contributed by atoms with van der Waals surface area (Å²) in [6.07, 6.45) is 64.9. The van der Waals surface area contributed by atoms with Crippen LogP contribution in [0.15, 0.2) is 12.4 Å². The largest absolute Gasteiger partial charge is 0.356 e. The van der Waals surface area contributed by atoms with Crippen LogP contribution in [0.25, 0.3) is 0 Å². The molecule has 1 heterocycles. The van der Waals surface area contributed by atoms with E-state index in [-0.39, 0.29) is 0 Å². The zero-order valence-electron chi connectivity index (χ0n) is 36.0. The Kier molecular flexibility index (Phi) is 38.4. The molecule has 0 spiro atoms. The second-order valence-electron chi connectivity index (χ2n) is 17.1. The van der Waals surface area contributed by atoms with Crippen LogP contribution in [0, 0.1) is 0 Å². The molecule has 0 aromatic heterocycles. The first-order chi connectivity index (χ1) is 25.3. The Labute approximate surface area is 324 Å². The zero-order valence-corrected chi connectivity index (χ0v) is 36.0. The molecule has 0 amide bonds.